The van der Waals surface area contributed by atoms with Gasteiger partial charge in [-0.25, -0.2) is 0 Å². The van der Waals surface area contributed by atoms with Crippen molar-refractivity contribution in [3.63, 3.8) is 0 Å². The molecule has 2 amide bonds. The molecule has 1 aliphatic rings. The summed E-state index contributed by atoms with van der Waals surface area (Å²) in [7, 11) is 1.58. The first kappa shape index (κ1) is 24.2. The summed E-state index contributed by atoms with van der Waals surface area (Å²) in [4.78, 5) is 27.5. The van der Waals surface area contributed by atoms with Crippen LogP contribution >= 0.6 is 23.2 Å². The molecule has 6 nitrogen and oxygen atoms in total. The molecule has 172 valence electrons. The van der Waals surface area contributed by atoms with Crippen molar-refractivity contribution in [1.29, 1.82) is 0 Å². The lowest BCUT2D eigenvalue weighted by atomic mass is 10.1. The first-order valence-electron chi connectivity index (χ1n) is 10.7. The molecule has 8 heteroatoms. The maximum atomic E-state index is 13.1. The van der Waals surface area contributed by atoms with Crippen LogP contribution in [0.1, 0.15) is 38.2 Å². The second-order valence-corrected chi connectivity index (χ2v) is 8.71. The van der Waals surface area contributed by atoms with Gasteiger partial charge in [0.2, 0.25) is 5.91 Å². The molecular weight excluding hydrogens is 451 g/mol. The van der Waals surface area contributed by atoms with Crippen LogP contribution in [0.25, 0.3) is 0 Å². The van der Waals surface area contributed by atoms with Crippen LogP contribution in [0, 0.1) is 0 Å². The first-order valence-corrected chi connectivity index (χ1v) is 11.4. The van der Waals surface area contributed by atoms with E-state index in [1.807, 2.05) is 0 Å². The fourth-order valence-electron chi connectivity index (χ4n) is 3.71. The predicted molar refractivity (Wildman–Crippen MR) is 125 cm³/mol. The van der Waals surface area contributed by atoms with E-state index in [-0.39, 0.29) is 31.0 Å². The van der Waals surface area contributed by atoms with E-state index in [0.29, 0.717) is 21.5 Å². The predicted octanol–water partition coefficient (Wildman–Crippen LogP) is 4.86. The van der Waals surface area contributed by atoms with E-state index >= 15 is 0 Å². The number of benzene rings is 2. The van der Waals surface area contributed by atoms with Crippen molar-refractivity contribution in [1.82, 2.24) is 10.2 Å². The smallest absolute Gasteiger partial charge is 0.261 e. The Morgan fingerprint density at radius 1 is 1.06 bits per heavy atom. The lowest BCUT2D eigenvalue weighted by molar-refractivity contribution is -0.142. The number of rotatable bonds is 9. The molecule has 0 bridgehead atoms. The summed E-state index contributed by atoms with van der Waals surface area (Å²) in [6.45, 7) is 1.74. The molecule has 3 rings (SSSR count). The molecule has 0 heterocycles. The molecule has 32 heavy (non-hydrogen) atoms. The molecule has 0 aliphatic heterocycles. The van der Waals surface area contributed by atoms with Crippen LogP contribution in [0.3, 0.4) is 0 Å². The second kappa shape index (κ2) is 11.4. The highest BCUT2D eigenvalue weighted by molar-refractivity contribution is 6.42. The van der Waals surface area contributed by atoms with Gasteiger partial charge in [-0.1, -0.05) is 42.1 Å². The molecule has 2 aromatic rings. The molecule has 1 atom stereocenters. The van der Waals surface area contributed by atoms with Gasteiger partial charge in [-0.2, -0.15) is 0 Å². The Morgan fingerprint density at radius 2 is 1.72 bits per heavy atom. The molecule has 0 aromatic heterocycles. The minimum absolute atomic E-state index is 0.169. The third kappa shape index (κ3) is 6.53. The summed E-state index contributed by atoms with van der Waals surface area (Å²) in [5.41, 5.74) is 0.776. The van der Waals surface area contributed by atoms with E-state index in [1.165, 1.54) is 4.90 Å². The summed E-state index contributed by atoms with van der Waals surface area (Å²) in [6, 6.07) is 11.6. The van der Waals surface area contributed by atoms with E-state index in [0.717, 1.165) is 31.2 Å². The Balaban J connectivity index is 1.71. The van der Waals surface area contributed by atoms with Crippen LogP contribution in [0.4, 0.5) is 0 Å². The van der Waals surface area contributed by atoms with Crippen molar-refractivity contribution in [2.75, 3.05) is 13.7 Å². The number of hydrogen-bond donors (Lipinski definition) is 1. The van der Waals surface area contributed by atoms with E-state index < -0.39 is 6.04 Å². The molecule has 1 unspecified atom stereocenters. The zero-order valence-corrected chi connectivity index (χ0v) is 19.8. The quantitative estimate of drug-likeness (QED) is 0.558. The average molecular weight is 479 g/mol. The van der Waals surface area contributed by atoms with Gasteiger partial charge in [0.25, 0.3) is 5.91 Å². The second-order valence-electron chi connectivity index (χ2n) is 7.90. The average Bonchev–Trinajstić information content (AvgIpc) is 3.31. The number of nitrogens with one attached hydrogen (secondary N) is 1. The molecule has 1 aliphatic carbocycles. The molecular formula is C24H28Cl2N2O4. The fourth-order valence-corrected chi connectivity index (χ4v) is 4.03. The lowest BCUT2D eigenvalue weighted by Crippen LogP contribution is -2.50. The topological polar surface area (TPSA) is 67.9 Å². The maximum absolute atomic E-state index is 13.1. The Morgan fingerprint density at radius 3 is 2.34 bits per heavy atom. The van der Waals surface area contributed by atoms with Gasteiger partial charge >= 0.3 is 0 Å². The molecule has 1 saturated carbocycles. The number of ether oxygens (including phenoxy) is 2. The van der Waals surface area contributed by atoms with Crippen LogP contribution in [0.2, 0.25) is 10.0 Å². The number of methoxy groups -OCH3 is 1. The molecule has 1 fully saturated rings. The van der Waals surface area contributed by atoms with Crippen LogP contribution in [0.15, 0.2) is 42.5 Å². The van der Waals surface area contributed by atoms with Gasteiger partial charge in [0.05, 0.1) is 17.2 Å². The maximum Gasteiger partial charge on any atom is 0.261 e. The molecule has 0 saturated heterocycles. The van der Waals surface area contributed by atoms with Crippen molar-refractivity contribution in [3.8, 4) is 11.5 Å². The van der Waals surface area contributed by atoms with Gasteiger partial charge in [0.1, 0.15) is 17.5 Å². The Kier molecular flexibility index (Phi) is 8.65. The van der Waals surface area contributed by atoms with Gasteiger partial charge in [-0.15, -0.1) is 0 Å². The number of nitrogens with zero attached hydrogens (tertiary/aromatic N) is 1. The number of carbonyl (C=O) groups excluding carboxylic acids is 2. The molecule has 2 aromatic carbocycles. The van der Waals surface area contributed by atoms with E-state index in [9.17, 15) is 9.59 Å². The summed E-state index contributed by atoms with van der Waals surface area (Å²) >= 11 is 12.2. The van der Waals surface area contributed by atoms with Crippen LogP contribution in [-0.4, -0.2) is 42.5 Å². The largest absolute Gasteiger partial charge is 0.497 e. The zero-order chi connectivity index (χ0) is 23.1. The summed E-state index contributed by atoms with van der Waals surface area (Å²) in [5, 5.41) is 3.90. The van der Waals surface area contributed by atoms with Crippen molar-refractivity contribution >= 4 is 35.0 Å². The van der Waals surface area contributed by atoms with Crippen molar-refractivity contribution < 1.29 is 19.1 Å². The summed E-state index contributed by atoms with van der Waals surface area (Å²) < 4.78 is 10.8. The lowest BCUT2D eigenvalue weighted by Gasteiger charge is -2.29. The Bertz CT molecular complexity index is 930. The highest BCUT2D eigenvalue weighted by Gasteiger charge is 2.28. The van der Waals surface area contributed by atoms with Gasteiger partial charge in [0.15, 0.2) is 6.61 Å². The number of carbonyl (C=O) groups is 2. The standard InChI is InChI=1S/C24H28Cl2N2O4/c1-16(24(30)27-18-5-3-4-6-18)28(14-17-7-12-21(25)22(26)13-17)23(29)15-32-20-10-8-19(31-2)9-11-20/h7-13,16,18H,3-6,14-15H2,1-2H3,(H,27,30). The summed E-state index contributed by atoms with van der Waals surface area (Å²) in [6.07, 6.45) is 4.17. The van der Waals surface area contributed by atoms with Crippen LogP contribution in [-0.2, 0) is 16.1 Å². The van der Waals surface area contributed by atoms with Gasteiger partial charge in [-0.05, 0) is 61.7 Å². The number of halogens is 2. The van der Waals surface area contributed by atoms with Crippen molar-refractivity contribution in [3.05, 3.63) is 58.1 Å². The van der Waals surface area contributed by atoms with Gasteiger partial charge < -0.3 is 19.7 Å². The molecule has 1 N–H and O–H groups in total. The SMILES string of the molecule is COc1ccc(OCC(=O)N(Cc2ccc(Cl)c(Cl)c2)C(C)C(=O)NC2CCCC2)cc1. The zero-order valence-electron chi connectivity index (χ0n) is 18.3. The van der Waals surface area contributed by atoms with Crippen LogP contribution in [0.5, 0.6) is 11.5 Å². The monoisotopic (exact) mass is 478 g/mol. The third-order valence-corrected chi connectivity index (χ3v) is 6.37. The van der Waals surface area contributed by atoms with Gasteiger partial charge in [-0.3, -0.25) is 9.59 Å². The first-order chi connectivity index (χ1) is 15.4. The minimum Gasteiger partial charge on any atom is -0.497 e. The number of amides is 2. The molecule has 0 radical (unpaired) electrons. The van der Waals surface area contributed by atoms with Gasteiger partial charge in [0, 0.05) is 12.6 Å². The third-order valence-electron chi connectivity index (χ3n) is 5.63. The van der Waals surface area contributed by atoms with Crippen LogP contribution < -0.4 is 14.8 Å². The Hall–Kier alpha value is -2.44. The fraction of sp³-hybridized carbons (Fsp3) is 0.417. The van der Waals surface area contributed by atoms with Crippen molar-refractivity contribution in [2.45, 2.75) is 51.2 Å². The van der Waals surface area contributed by atoms with Crippen molar-refractivity contribution in [2.24, 2.45) is 0 Å². The summed E-state index contributed by atoms with van der Waals surface area (Å²) in [5.74, 6) is 0.759. The Labute approximate surface area is 198 Å². The minimum atomic E-state index is -0.669. The normalized spacial score (nSPS) is 14.6. The van der Waals surface area contributed by atoms with E-state index in [2.05, 4.69) is 5.32 Å². The highest BCUT2D eigenvalue weighted by Crippen LogP contribution is 2.24. The number of hydrogen-bond acceptors (Lipinski definition) is 4. The molecule has 0 spiro atoms. The highest BCUT2D eigenvalue weighted by atomic mass is 35.5. The van der Waals surface area contributed by atoms with E-state index in [1.54, 1.807) is 56.5 Å². The van der Waals surface area contributed by atoms with E-state index in [4.69, 9.17) is 32.7 Å².